The number of hydrogen-bond donors (Lipinski definition) is 1. The second kappa shape index (κ2) is 8.70. The minimum Gasteiger partial charge on any atom is -0.241 e. The summed E-state index contributed by atoms with van der Waals surface area (Å²) in [5.74, 6) is 0. The van der Waals surface area contributed by atoms with Gasteiger partial charge < -0.3 is 0 Å². The molecule has 0 unspecified atom stereocenters. The summed E-state index contributed by atoms with van der Waals surface area (Å²) in [7, 11) is 0. The lowest BCUT2D eigenvalue weighted by Gasteiger charge is -2.18. The predicted octanol–water partition coefficient (Wildman–Crippen LogP) is 2.46. The van der Waals surface area contributed by atoms with Gasteiger partial charge in [0.25, 0.3) is 0 Å². The Hall–Kier alpha value is -4.30. The monoisotopic (exact) mass is 354 g/mol. The van der Waals surface area contributed by atoms with Crippen molar-refractivity contribution in [3.63, 3.8) is 0 Å². The van der Waals surface area contributed by atoms with Gasteiger partial charge in [0, 0.05) is 0 Å². The first-order valence-electron chi connectivity index (χ1n) is 7.96. The molecule has 0 amide bonds. The highest BCUT2D eigenvalue weighted by Gasteiger charge is 2.17. The topological polar surface area (TPSA) is 120 Å². The molecule has 2 heterocycles. The Labute approximate surface area is 155 Å². The lowest BCUT2D eigenvalue weighted by atomic mass is 9.97. The van der Waals surface area contributed by atoms with Crippen LogP contribution in [0.25, 0.3) is 0 Å². The molecule has 4 rings (SSSR count). The number of aromatic nitrogens is 6. The third-order valence-corrected chi connectivity index (χ3v) is 3.74. The van der Waals surface area contributed by atoms with Crippen LogP contribution < -0.4 is 0 Å². The van der Waals surface area contributed by atoms with Crippen LogP contribution in [0.4, 0.5) is 0 Å². The Morgan fingerprint density at radius 2 is 1.33 bits per heavy atom. The molecule has 130 valence electrons. The molecule has 0 aliphatic heterocycles. The molecule has 8 nitrogen and oxygen atoms in total. The third kappa shape index (κ3) is 4.41. The zero-order valence-electron chi connectivity index (χ0n) is 14.1. The van der Waals surface area contributed by atoms with Crippen LogP contribution in [0.2, 0.25) is 0 Å². The number of benzene rings is 2. The zero-order chi connectivity index (χ0) is 18.9. The van der Waals surface area contributed by atoms with Crippen LogP contribution in [0, 0.1) is 22.7 Å². The number of rotatable bonds is 3. The summed E-state index contributed by atoms with van der Waals surface area (Å²) in [5, 5.41) is 31.4. The zero-order valence-corrected chi connectivity index (χ0v) is 14.1. The fraction of sp³-hybridized carbons (Fsp3) is 0.0526. The van der Waals surface area contributed by atoms with Crippen LogP contribution in [0.15, 0.2) is 73.6 Å². The maximum absolute atomic E-state index is 8.92. The fourth-order valence-corrected chi connectivity index (χ4v) is 2.50. The van der Waals surface area contributed by atoms with Crippen LogP contribution in [0.5, 0.6) is 0 Å². The van der Waals surface area contributed by atoms with E-state index in [-0.39, 0.29) is 6.04 Å². The largest absolute Gasteiger partial charge is 0.241 e. The maximum Gasteiger partial charge on any atom is 0.137 e. The number of nitrogens with one attached hydrogen (secondary N) is 1. The minimum absolute atomic E-state index is 0.150. The number of aromatic amines is 1. The maximum atomic E-state index is 8.92. The molecule has 4 aromatic rings. The third-order valence-electron chi connectivity index (χ3n) is 3.74. The van der Waals surface area contributed by atoms with Gasteiger partial charge in [-0.3, -0.25) is 0 Å². The Balaban J connectivity index is 0.000000364. The van der Waals surface area contributed by atoms with Crippen LogP contribution in [0.3, 0.4) is 0 Å². The Bertz CT molecular complexity index is 947. The summed E-state index contributed by atoms with van der Waals surface area (Å²) in [6.45, 7) is 0. The van der Waals surface area contributed by atoms with E-state index in [1.54, 1.807) is 47.7 Å². The van der Waals surface area contributed by atoms with Crippen molar-refractivity contribution in [1.82, 2.24) is 30.2 Å². The van der Waals surface area contributed by atoms with Gasteiger partial charge in [-0.15, -0.1) is 0 Å². The second-order valence-electron chi connectivity index (χ2n) is 5.40. The van der Waals surface area contributed by atoms with Gasteiger partial charge in [0.1, 0.15) is 18.7 Å². The average Bonchev–Trinajstić information content (AvgIpc) is 3.46. The molecule has 0 saturated carbocycles. The molecular formula is C19H14N8. The summed E-state index contributed by atoms with van der Waals surface area (Å²) >= 11 is 0. The van der Waals surface area contributed by atoms with E-state index in [1.807, 2.05) is 24.3 Å². The van der Waals surface area contributed by atoms with Crippen molar-refractivity contribution in [1.29, 1.82) is 10.5 Å². The van der Waals surface area contributed by atoms with Gasteiger partial charge in [-0.1, -0.05) is 24.3 Å². The van der Waals surface area contributed by atoms with Crippen molar-refractivity contribution in [2.75, 3.05) is 0 Å². The first-order chi connectivity index (χ1) is 13.3. The van der Waals surface area contributed by atoms with Gasteiger partial charge in [-0.05, 0) is 35.4 Å². The summed E-state index contributed by atoms with van der Waals surface area (Å²) < 4.78 is 1.75. The molecule has 0 atom stereocenters. The highest BCUT2D eigenvalue weighted by molar-refractivity contribution is 5.40. The van der Waals surface area contributed by atoms with Crippen LogP contribution in [-0.4, -0.2) is 30.2 Å². The van der Waals surface area contributed by atoms with E-state index in [1.165, 1.54) is 6.33 Å². The van der Waals surface area contributed by atoms with E-state index in [0.29, 0.717) is 11.1 Å². The molecule has 2 aromatic carbocycles. The first kappa shape index (κ1) is 17.5. The van der Waals surface area contributed by atoms with Gasteiger partial charge in [0.15, 0.2) is 0 Å². The molecule has 27 heavy (non-hydrogen) atoms. The van der Waals surface area contributed by atoms with Gasteiger partial charge in [0.05, 0.1) is 35.7 Å². The first-order valence-corrected chi connectivity index (χ1v) is 7.96. The fourth-order valence-electron chi connectivity index (χ4n) is 2.50. The normalized spacial score (nSPS) is 9.74. The van der Waals surface area contributed by atoms with E-state index in [4.69, 9.17) is 10.5 Å². The smallest absolute Gasteiger partial charge is 0.137 e. The quantitative estimate of drug-likeness (QED) is 0.603. The predicted molar refractivity (Wildman–Crippen MR) is 96.0 cm³/mol. The Morgan fingerprint density at radius 3 is 1.67 bits per heavy atom. The molecule has 2 aromatic heterocycles. The van der Waals surface area contributed by atoms with Gasteiger partial charge in [-0.25, -0.2) is 9.67 Å². The molecule has 0 aliphatic carbocycles. The minimum atomic E-state index is -0.150. The molecule has 0 aliphatic rings. The van der Waals surface area contributed by atoms with Crippen LogP contribution in [-0.2, 0) is 0 Å². The Morgan fingerprint density at radius 1 is 0.815 bits per heavy atom. The lowest BCUT2D eigenvalue weighted by Crippen LogP contribution is -2.13. The lowest BCUT2D eigenvalue weighted by molar-refractivity contribution is 0.594. The number of nitrogens with zero attached hydrogens (tertiary/aromatic N) is 7. The molecule has 0 spiro atoms. The van der Waals surface area contributed by atoms with Gasteiger partial charge >= 0.3 is 0 Å². The molecule has 0 bridgehead atoms. The average molecular weight is 354 g/mol. The molecular weight excluding hydrogens is 340 g/mol. The highest BCUT2D eigenvalue weighted by atomic mass is 15.3. The van der Waals surface area contributed by atoms with Gasteiger partial charge in [0.2, 0.25) is 0 Å². The number of H-pyrrole nitrogens is 1. The van der Waals surface area contributed by atoms with E-state index in [0.717, 1.165) is 11.1 Å². The van der Waals surface area contributed by atoms with E-state index in [9.17, 15) is 0 Å². The van der Waals surface area contributed by atoms with Crippen molar-refractivity contribution in [3.8, 4) is 12.1 Å². The van der Waals surface area contributed by atoms with Crippen molar-refractivity contribution in [3.05, 3.63) is 95.8 Å². The van der Waals surface area contributed by atoms with Gasteiger partial charge in [-0.2, -0.15) is 31.0 Å². The van der Waals surface area contributed by atoms with Crippen molar-refractivity contribution in [2.24, 2.45) is 0 Å². The number of nitriles is 2. The van der Waals surface area contributed by atoms with Crippen molar-refractivity contribution in [2.45, 2.75) is 6.04 Å². The summed E-state index contributed by atoms with van der Waals surface area (Å²) in [6, 6.07) is 18.8. The molecule has 0 saturated heterocycles. The van der Waals surface area contributed by atoms with Crippen molar-refractivity contribution < 1.29 is 0 Å². The summed E-state index contributed by atoms with van der Waals surface area (Å²) in [6.07, 6.45) is 6.31. The molecule has 0 radical (unpaired) electrons. The van der Waals surface area contributed by atoms with Crippen molar-refractivity contribution >= 4 is 0 Å². The SMILES string of the molecule is N#Cc1ccc(C(c2ccc(C#N)cc2)n2cncn2)cc1.c1cn[nH]n1. The van der Waals surface area contributed by atoms with E-state index < -0.39 is 0 Å². The number of hydrogen-bond acceptors (Lipinski definition) is 6. The standard InChI is InChI=1S/C17H11N5.C2H3N3/c18-9-13-1-5-15(6-2-13)17(22-12-20-11-21-22)16-7-3-14(10-19)4-8-16;1-2-4-5-3-1/h1-8,11-12,17H;1-2H,(H,3,4,5). The molecule has 0 fully saturated rings. The summed E-state index contributed by atoms with van der Waals surface area (Å²) in [4.78, 5) is 4.01. The van der Waals surface area contributed by atoms with E-state index in [2.05, 4.69) is 37.6 Å². The summed E-state index contributed by atoms with van der Waals surface area (Å²) in [5.41, 5.74) is 3.21. The van der Waals surface area contributed by atoms with Crippen LogP contribution >= 0.6 is 0 Å². The highest BCUT2D eigenvalue weighted by Crippen LogP contribution is 2.26. The van der Waals surface area contributed by atoms with Crippen LogP contribution in [0.1, 0.15) is 28.3 Å². The molecule has 8 heteroatoms. The second-order valence-corrected chi connectivity index (χ2v) is 5.40. The molecule has 1 N–H and O–H groups in total. The Kier molecular flexibility index (Phi) is 5.64. The van der Waals surface area contributed by atoms with E-state index >= 15 is 0 Å².